The number of carbonyl (C=O) groups excluding carboxylic acids is 1. The van der Waals surface area contributed by atoms with Crippen molar-refractivity contribution in [3.8, 4) is 0 Å². The molecule has 0 aliphatic carbocycles. The van der Waals surface area contributed by atoms with E-state index in [0.717, 1.165) is 42.8 Å². The molecule has 1 fully saturated rings. The third-order valence-electron chi connectivity index (χ3n) is 5.74. The van der Waals surface area contributed by atoms with E-state index in [1.165, 1.54) is 12.1 Å². The molecule has 6 nitrogen and oxygen atoms in total. The molecule has 0 spiro atoms. The lowest BCUT2D eigenvalue weighted by atomic mass is 10.1. The van der Waals surface area contributed by atoms with E-state index >= 15 is 0 Å². The second-order valence-electron chi connectivity index (χ2n) is 7.66. The van der Waals surface area contributed by atoms with E-state index in [1.54, 1.807) is 30.5 Å². The van der Waals surface area contributed by atoms with Gasteiger partial charge in [-0.05, 0) is 48.9 Å². The van der Waals surface area contributed by atoms with Crippen LogP contribution in [0.1, 0.15) is 13.3 Å². The maximum atomic E-state index is 13.8. The minimum Gasteiger partial charge on any atom is -0.397 e. The number of nitrogen functional groups attached to an aromatic ring is 1. The highest BCUT2D eigenvalue weighted by Gasteiger charge is 2.28. The summed E-state index contributed by atoms with van der Waals surface area (Å²) in [5, 5.41) is 4.27. The third kappa shape index (κ3) is 4.57. The van der Waals surface area contributed by atoms with Crippen LogP contribution in [-0.4, -0.2) is 48.0 Å². The number of rotatable bonds is 5. The molecular weight excluding hydrogens is 417 g/mol. The average molecular weight is 442 g/mol. The zero-order chi connectivity index (χ0) is 22.0. The van der Waals surface area contributed by atoms with Crippen molar-refractivity contribution >= 4 is 45.5 Å². The number of piperazine rings is 1. The first-order chi connectivity index (χ1) is 15.0. The monoisotopic (exact) mass is 441 g/mol. The van der Waals surface area contributed by atoms with Crippen molar-refractivity contribution in [1.29, 1.82) is 0 Å². The molecule has 1 aliphatic heterocycles. The molecule has 1 atom stereocenters. The minimum atomic E-state index is -0.274. The Bertz CT molecular complexity index is 1100. The number of hydrogen-bond donors (Lipinski definition) is 2. The summed E-state index contributed by atoms with van der Waals surface area (Å²) in [6, 6.07) is 11.4. The second kappa shape index (κ2) is 9.08. The highest BCUT2D eigenvalue weighted by molar-refractivity contribution is 6.31. The van der Waals surface area contributed by atoms with Crippen LogP contribution >= 0.6 is 11.6 Å². The zero-order valence-electron chi connectivity index (χ0n) is 17.3. The molecule has 4 rings (SSSR count). The number of halogens is 2. The fraction of sp³-hybridized carbons (Fsp3) is 0.304. The van der Waals surface area contributed by atoms with Gasteiger partial charge in [-0.2, -0.15) is 0 Å². The van der Waals surface area contributed by atoms with E-state index in [0.29, 0.717) is 22.8 Å². The maximum Gasteiger partial charge on any atom is 0.241 e. The van der Waals surface area contributed by atoms with Crippen LogP contribution < -0.4 is 16.0 Å². The van der Waals surface area contributed by atoms with Gasteiger partial charge in [0.25, 0.3) is 0 Å². The molecule has 1 amide bonds. The first-order valence-electron chi connectivity index (χ1n) is 10.4. The van der Waals surface area contributed by atoms with Crippen molar-refractivity contribution in [3.05, 3.63) is 59.5 Å². The number of nitrogens with one attached hydrogen (secondary N) is 1. The van der Waals surface area contributed by atoms with Gasteiger partial charge in [0, 0.05) is 48.5 Å². The number of hydrogen-bond acceptors (Lipinski definition) is 5. The van der Waals surface area contributed by atoms with Crippen molar-refractivity contribution in [3.63, 3.8) is 0 Å². The Balaban J connectivity index is 1.45. The van der Waals surface area contributed by atoms with Gasteiger partial charge >= 0.3 is 0 Å². The highest BCUT2D eigenvalue weighted by atomic mass is 35.5. The van der Waals surface area contributed by atoms with Crippen LogP contribution in [0.2, 0.25) is 5.02 Å². The molecule has 1 aromatic heterocycles. The van der Waals surface area contributed by atoms with E-state index in [9.17, 15) is 9.18 Å². The Labute approximate surface area is 185 Å². The highest BCUT2D eigenvalue weighted by Crippen LogP contribution is 2.28. The number of pyridine rings is 1. The number of anilines is 3. The quantitative estimate of drug-likeness (QED) is 0.582. The van der Waals surface area contributed by atoms with Crippen molar-refractivity contribution in [2.24, 2.45) is 0 Å². The van der Waals surface area contributed by atoms with E-state index in [1.807, 2.05) is 13.0 Å². The molecule has 3 N–H and O–H groups in total. The summed E-state index contributed by atoms with van der Waals surface area (Å²) in [7, 11) is 0. The average Bonchev–Trinajstić information content (AvgIpc) is 2.76. The summed E-state index contributed by atoms with van der Waals surface area (Å²) < 4.78 is 13.8. The number of nitrogens with two attached hydrogens (primary N) is 1. The number of nitrogens with zero attached hydrogens (tertiary/aromatic N) is 3. The van der Waals surface area contributed by atoms with E-state index in [4.69, 9.17) is 17.3 Å². The minimum absolute atomic E-state index is 0.0820. The summed E-state index contributed by atoms with van der Waals surface area (Å²) in [6.07, 6.45) is 2.43. The number of amides is 1. The lowest BCUT2D eigenvalue weighted by Crippen LogP contribution is -2.53. The molecule has 1 aliphatic rings. The van der Waals surface area contributed by atoms with Crippen molar-refractivity contribution < 1.29 is 9.18 Å². The van der Waals surface area contributed by atoms with Gasteiger partial charge in [0.05, 0.1) is 22.9 Å². The fourth-order valence-corrected chi connectivity index (χ4v) is 4.31. The van der Waals surface area contributed by atoms with Gasteiger partial charge in [0.1, 0.15) is 5.82 Å². The number of benzene rings is 2. The molecular formula is C23H25ClFN5O. The van der Waals surface area contributed by atoms with Crippen molar-refractivity contribution in [2.75, 3.05) is 42.1 Å². The Kier molecular flexibility index (Phi) is 6.25. The summed E-state index contributed by atoms with van der Waals surface area (Å²) in [5.74, 6) is -0.356. The number of carbonyl (C=O) groups is 1. The number of fused-ring (bicyclic) bond motifs is 1. The zero-order valence-corrected chi connectivity index (χ0v) is 18.1. The van der Waals surface area contributed by atoms with Crippen LogP contribution in [0.15, 0.2) is 48.7 Å². The topological polar surface area (TPSA) is 74.5 Å². The van der Waals surface area contributed by atoms with Gasteiger partial charge in [0.15, 0.2) is 0 Å². The predicted octanol–water partition coefficient (Wildman–Crippen LogP) is 4.15. The van der Waals surface area contributed by atoms with Crippen LogP contribution in [0.3, 0.4) is 0 Å². The first kappa shape index (κ1) is 21.3. The molecule has 2 heterocycles. The van der Waals surface area contributed by atoms with Gasteiger partial charge in [-0.15, -0.1) is 0 Å². The van der Waals surface area contributed by atoms with Crippen molar-refractivity contribution in [1.82, 2.24) is 9.88 Å². The van der Waals surface area contributed by atoms with Crippen LogP contribution in [0.5, 0.6) is 0 Å². The van der Waals surface area contributed by atoms with Gasteiger partial charge < -0.3 is 16.0 Å². The molecule has 0 bridgehead atoms. The smallest absolute Gasteiger partial charge is 0.241 e. The molecule has 31 heavy (non-hydrogen) atoms. The third-order valence-corrected chi connectivity index (χ3v) is 5.97. The van der Waals surface area contributed by atoms with E-state index < -0.39 is 0 Å². The molecule has 0 radical (unpaired) electrons. The fourth-order valence-electron chi connectivity index (χ4n) is 4.13. The molecule has 8 heteroatoms. The van der Waals surface area contributed by atoms with E-state index in [-0.39, 0.29) is 17.8 Å². The molecule has 0 saturated carbocycles. The SMILES string of the molecule is CCC(C(=O)Nc1ccc(Cl)cc1N)N1CCN(c2ccnc3ccc(F)cc23)CC1. The Morgan fingerprint density at radius 2 is 1.97 bits per heavy atom. The molecule has 1 unspecified atom stereocenters. The van der Waals surface area contributed by atoms with E-state index in [2.05, 4.69) is 20.1 Å². The standard InChI is InChI=1S/C23H25ClFN5O/c1-2-21(23(31)28-20-5-3-15(24)13-18(20)26)29-9-11-30(12-10-29)22-7-8-27-19-6-4-16(25)14-17(19)22/h3-8,13-14,21H,2,9-12,26H2,1H3,(H,28,31). The van der Waals surface area contributed by atoms with Crippen LogP contribution in [0, 0.1) is 5.82 Å². The lowest BCUT2D eigenvalue weighted by Gasteiger charge is -2.39. The molecule has 162 valence electrons. The van der Waals surface area contributed by atoms with Gasteiger partial charge in [-0.1, -0.05) is 18.5 Å². The number of aromatic nitrogens is 1. The largest absolute Gasteiger partial charge is 0.397 e. The van der Waals surface area contributed by atoms with Crippen LogP contribution in [0.25, 0.3) is 10.9 Å². The van der Waals surface area contributed by atoms with Crippen molar-refractivity contribution in [2.45, 2.75) is 19.4 Å². The van der Waals surface area contributed by atoms with Gasteiger partial charge in [0.2, 0.25) is 5.91 Å². The summed E-state index contributed by atoms with van der Waals surface area (Å²) in [6.45, 7) is 4.92. The van der Waals surface area contributed by atoms with Crippen LogP contribution in [-0.2, 0) is 4.79 Å². The summed E-state index contributed by atoms with van der Waals surface area (Å²) in [5.41, 5.74) is 8.72. The normalized spacial score (nSPS) is 15.8. The Morgan fingerprint density at radius 1 is 1.19 bits per heavy atom. The first-order valence-corrected chi connectivity index (χ1v) is 10.7. The van der Waals surface area contributed by atoms with Crippen LogP contribution in [0.4, 0.5) is 21.5 Å². The Hall–Kier alpha value is -2.90. The summed E-state index contributed by atoms with van der Waals surface area (Å²) in [4.78, 5) is 21.7. The molecule has 2 aromatic carbocycles. The Morgan fingerprint density at radius 3 is 2.68 bits per heavy atom. The predicted molar refractivity (Wildman–Crippen MR) is 124 cm³/mol. The summed E-state index contributed by atoms with van der Waals surface area (Å²) >= 11 is 5.94. The lowest BCUT2D eigenvalue weighted by molar-refractivity contribution is -0.121. The molecule has 3 aromatic rings. The maximum absolute atomic E-state index is 13.8. The molecule has 1 saturated heterocycles. The van der Waals surface area contributed by atoms with Gasteiger partial charge in [-0.25, -0.2) is 4.39 Å². The van der Waals surface area contributed by atoms with Gasteiger partial charge in [-0.3, -0.25) is 14.7 Å². The second-order valence-corrected chi connectivity index (χ2v) is 8.10.